The number of benzene rings is 3. The Kier molecular flexibility index (Phi) is 5.42. The fraction of sp³-hybridized carbons (Fsp3) is 0.222. The Bertz CT molecular complexity index is 1290. The second kappa shape index (κ2) is 8.54. The van der Waals surface area contributed by atoms with Crippen molar-refractivity contribution in [2.24, 2.45) is 0 Å². The molecule has 0 bridgehead atoms. The zero-order valence-corrected chi connectivity index (χ0v) is 19.0. The Balaban J connectivity index is 1.55. The van der Waals surface area contributed by atoms with Crippen LogP contribution in [-0.4, -0.2) is 36.7 Å². The molecule has 0 aliphatic carbocycles. The van der Waals surface area contributed by atoms with Crippen LogP contribution in [0.4, 0.5) is 10.5 Å². The number of aromatic nitrogens is 1. The number of anilines is 1. The van der Waals surface area contributed by atoms with Gasteiger partial charge in [-0.2, -0.15) is 0 Å². The molecule has 1 aromatic heterocycles. The van der Waals surface area contributed by atoms with E-state index >= 15 is 0 Å². The van der Waals surface area contributed by atoms with Crippen molar-refractivity contribution in [1.82, 2.24) is 9.88 Å². The summed E-state index contributed by atoms with van der Waals surface area (Å²) in [6, 6.07) is 21.5. The van der Waals surface area contributed by atoms with Crippen molar-refractivity contribution >= 4 is 22.6 Å². The monoisotopic (exact) mass is 441 g/mol. The standard InChI is InChI=1S/C27H27N3O3/c1-17-4-6-18(7-5-17)26-25-22(23-16-21(33-3)12-13-24(23)29-25)14-15-30(26)27(31)28-19-8-10-20(32-2)11-9-19/h4-13,16,26,29H,14-15H2,1-3H3,(H,28,31)/t26-/m1/s1. The molecule has 5 rings (SSSR count). The van der Waals surface area contributed by atoms with E-state index in [0.717, 1.165) is 45.8 Å². The van der Waals surface area contributed by atoms with E-state index in [9.17, 15) is 4.79 Å². The first-order valence-corrected chi connectivity index (χ1v) is 11.0. The van der Waals surface area contributed by atoms with E-state index in [1.54, 1.807) is 14.2 Å². The maximum Gasteiger partial charge on any atom is 0.322 e. The largest absolute Gasteiger partial charge is 0.497 e. The van der Waals surface area contributed by atoms with E-state index in [0.29, 0.717) is 6.54 Å². The molecule has 0 fully saturated rings. The molecular weight excluding hydrogens is 414 g/mol. The van der Waals surface area contributed by atoms with Crippen LogP contribution in [0.15, 0.2) is 66.7 Å². The number of carbonyl (C=O) groups excluding carboxylic acids is 1. The Morgan fingerprint density at radius 1 is 0.970 bits per heavy atom. The molecule has 4 aromatic rings. The minimum absolute atomic E-state index is 0.132. The van der Waals surface area contributed by atoms with Crippen molar-refractivity contribution in [3.05, 3.63) is 89.1 Å². The van der Waals surface area contributed by atoms with Crippen molar-refractivity contribution in [2.75, 3.05) is 26.1 Å². The number of urea groups is 1. The van der Waals surface area contributed by atoms with Crippen LogP contribution in [0.5, 0.6) is 11.5 Å². The highest BCUT2D eigenvalue weighted by molar-refractivity contribution is 5.92. The minimum atomic E-state index is -0.217. The molecule has 0 saturated heterocycles. The zero-order chi connectivity index (χ0) is 22.9. The van der Waals surface area contributed by atoms with E-state index < -0.39 is 0 Å². The van der Waals surface area contributed by atoms with Crippen LogP contribution >= 0.6 is 0 Å². The molecule has 2 heterocycles. The number of hydrogen-bond donors (Lipinski definition) is 2. The maximum absolute atomic E-state index is 13.4. The molecule has 2 amide bonds. The number of nitrogens with one attached hydrogen (secondary N) is 2. The lowest BCUT2D eigenvalue weighted by Gasteiger charge is -2.36. The van der Waals surface area contributed by atoms with Gasteiger partial charge in [0, 0.05) is 28.8 Å². The van der Waals surface area contributed by atoms with E-state index in [-0.39, 0.29) is 12.1 Å². The summed E-state index contributed by atoms with van der Waals surface area (Å²) in [5.41, 5.74) is 6.34. The Morgan fingerprint density at radius 2 is 1.67 bits per heavy atom. The lowest BCUT2D eigenvalue weighted by atomic mass is 9.92. The van der Waals surface area contributed by atoms with Gasteiger partial charge in [0.2, 0.25) is 0 Å². The average molecular weight is 442 g/mol. The summed E-state index contributed by atoms with van der Waals surface area (Å²) >= 11 is 0. The number of aryl methyl sites for hydroxylation is 1. The number of ether oxygens (including phenoxy) is 2. The fourth-order valence-electron chi connectivity index (χ4n) is 4.58. The summed E-state index contributed by atoms with van der Waals surface area (Å²) in [5.74, 6) is 1.58. The van der Waals surface area contributed by atoms with E-state index in [1.807, 2.05) is 41.3 Å². The molecule has 0 radical (unpaired) electrons. The predicted molar refractivity (Wildman–Crippen MR) is 130 cm³/mol. The molecule has 6 heteroatoms. The second-order valence-corrected chi connectivity index (χ2v) is 8.34. The third-order valence-electron chi connectivity index (χ3n) is 6.33. The molecule has 33 heavy (non-hydrogen) atoms. The van der Waals surface area contributed by atoms with Crippen LogP contribution in [0.1, 0.15) is 28.4 Å². The van der Waals surface area contributed by atoms with Crippen LogP contribution in [0.2, 0.25) is 0 Å². The van der Waals surface area contributed by atoms with Crippen LogP contribution in [0.25, 0.3) is 10.9 Å². The number of hydrogen-bond acceptors (Lipinski definition) is 3. The fourth-order valence-corrected chi connectivity index (χ4v) is 4.58. The second-order valence-electron chi connectivity index (χ2n) is 8.34. The molecule has 1 aliphatic heterocycles. The van der Waals surface area contributed by atoms with Crippen molar-refractivity contribution in [1.29, 1.82) is 0 Å². The van der Waals surface area contributed by atoms with Gasteiger partial charge in [0.1, 0.15) is 11.5 Å². The molecule has 2 N–H and O–H groups in total. The molecule has 1 aliphatic rings. The van der Waals surface area contributed by atoms with Gasteiger partial charge in [0.05, 0.1) is 20.3 Å². The summed E-state index contributed by atoms with van der Waals surface area (Å²) in [6.07, 6.45) is 0.765. The highest BCUT2D eigenvalue weighted by atomic mass is 16.5. The molecule has 6 nitrogen and oxygen atoms in total. The normalized spacial score (nSPS) is 15.2. The molecular formula is C27H27N3O3. The molecule has 0 saturated carbocycles. The number of amides is 2. The zero-order valence-electron chi connectivity index (χ0n) is 19.0. The molecule has 0 spiro atoms. The van der Waals surface area contributed by atoms with Gasteiger partial charge in [-0.3, -0.25) is 0 Å². The lowest BCUT2D eigenvalue weighted by molar-refractivity contribution is 0.193. The first-order valence-electron chi connectivity index (χ1n) is 11.0. The van der Waals surface area contributed by atoms with Crippen molar-refractivity contribution in [3.8, 4) is 11.5 Å². The smallest absolute Gasteiger partial charge is 0.322 e. The summed E-state index contributed by atoms with van der Waals surface area (Å²) in [6.45, 7) is 2.68. The summed E-state index contributed by atoms with van der Waals surface area (Å²) in [7, 11) is 3.31. The molecule has 1 atom stereocenters. The van der Waals surface area contributed by atoms with Gasteiger partial charge in [-0.05, 0) is 66.9 Å². The summed E-state index contributed by atoms with van der Waals surface area (Å²) < 4.78 is 10.7. The lowest BCUT2D eigenvalue weighted by Crippen LogP contribution is -2.43. The van der Waals surface area contributed by atoms with E-state index in [2.05, 4.69) is 47.6 Å². The van der Waals surface area contributed by atoms with Gasteiger partial charge < -0.3 is 24.7 Å². The predicted octanol–water partition coefficient (Wildman–Crippen LogP) is 5.67. The number of nitrogens with zero attached hydrogens (tertiary/aromatic N) is 1. The number of carbonyl (C=O) groups is 1. The highest BCUT2D eigenvalue weighted by Crippen LogP contribution is 2.39. The van der Waals surface area contributed by atoms with Gasteiger partial charge in [0.25, 0.3) is 0 Å². The average Bonchev–Trinajstić information content (AvgIpc) is 3.22. The minimum Gasteiger partial charge on any atom is -0.497 e. The summed E-state index contributed by atoms with van der Waals surface area (Å²) in [5, 5.41) is 4.20. The van der Waals surface area contributed by atoms with E-state index in [1.165, 1.54) is 11.1 Å². The first kappa shape index (κ1) is 20.9. The quantitative estimate of drug-likeness (QED) is 0.429. The van der Waals surface area contributed by atoms with Crippen LogP contribution in [-0.2, 0) is 6.42 Å². The molecule has 168 valence electrons. The van der Waals surface area contributed by atoms with Crippen molar-refractivity contribution in [3.63, 3.8) is 0 Å². The third-order valence-corrected chi connectivity index (χ3v) is 6.33. The Morgan fingerprint density at radius 3 is 2.36 bits per heavy atom. The van der Waals surface area contributed by atoms with Crippen LogP contribution < -0.4 is 14.8 Å². The topological polar surface area (TPSA) is 66.6 Å². The number of methoxy groups -OCH3 is 2. The molecule has 3 aromatic carbocycles. The van der Waals surface area contributed by atoms with Gasteiger partial charge in [0.15, 0.2) is 0 Å². The van der Waals surface area contributed by atoms with Crippen molar-refractivity contribution in [2.45, 2.75) is 19.4 Å². The highest BCUT2D eigenvalue weighted by Gasteiger charge is 2.34. The Labute approximate surface area is 193 Å². The van der Waals surface area contributed by atoms with Crippen LogP contribution in [0, 0.1) is 6.92 Å². The van der Waals surface area contributed by atoms with Gasteiger partial charge in [-0.15, -0.1) is 0 Å². The number of H-pyrrole nitrogens is 1. The van der Waals surface area contributed by atoms with Gasteiger partial charge in [-0.1, -0.05) is 29.8 Å². The molecule has 0 unspecified atom stereocenters. The van der Waals surface area contributed by atoms with Crippen molar-refractivity contribution < 1.29 is 14.3 Å². The number of aromatic amines is 1. The van der Waals surface area contributed by atoms with E-state index in [4.69, 9.17) is 9.47 Å². The maximum atomic E-state index is 13.4. The number of rotatable bonds is 4. The van der Waals surface area contributed by atoms with Crippen LogP contribution in [0.3, 0.4) is 0 Å². The SMILES string of the molecule is COc1ccc(NC(=O)N2CCc3c([nH]c4ccc(OC)cc34)[C@H]2c2ccc(C)cc2)cc1. The first-order chi connectivity index (χ1) is 16.1. The number of fused-ring (bicyclic) bond motifs is 3. The Hall–Kier alpha value is -3.93. The summed E-state index contributed by atoms with van der Waals surface area (Å²) in [4.78, 5) is 19.0. The van der Waals surface area contributed by atoms with Gasteiger partial charge in [-0.25, -0.2) is 4.79 Å². The third kappa shape index (κ3) is 3.89. The van der Waals surface area contributed by atoms with Gasteiger partial charge >= 0.3 is 6.03 Å².